The van der Waals surface area contributed by atoms with Crippen LogP contribution in [0.3, 0.4) is 0 Å². The molecule has 3 aromatic rings. The average molecular weight is 217 g/mol. The van der Waals surface area contributed by atoms with Crippen LogP contribution >= 0.6 is 0 Å². The van der Waals surface area contributed by atoms with Gasteiger partial charge < -0.3 is 5.32 Å². The van der Waals surface area contributed by atoms with Crippen LogP contribution in [0.2, 0.25) is 0 Å². The van der Waals surface area contributed by atoms with E-state index in [4.69, 9.17) is 0 Å². The minimum Gasteiger partial charge on any atom is -0.349 e. The summed E-state index contributed by atoms with van der Waals surface area (Å²) in [7, 11) is 0. The molecule has 0 aliphatic rings. The van der Waals surface area contributed by atoms with Gasteiger partial charge in [-0.15, -0.1) is 0 Å². The fourth-order valence-corrected chi connectivity index (χ4v) is 1.81. The van der Waals surface area contributed by atoms with Crippen molar-refractivity contribution in [3.8, 4) is 0 Å². The standard InChI is InChI=1S/C16H11N/c1-2-8-15(9-3-1)17-16-11-10-13-6-4-5-7-14(13)12-16/h1-9,12,17H. The number of fused-ring (bicyclic) bond motifs is 1. The van der Waals surface area contributed by atoms with E-state index < -0.39 is 0 Å². The fourth-order valence-electron chi connectivity index (χ4n) is 1.81. The molecule has 0 heterocycles. The second-order valence-corrected chi connectivity index (χ2v) is 3.89. The van der Waals surface area contributed by atoms with Crippen molar-refractivity contribution in [3.05, 3.63) is 72.8 Å². The van der Waals surface area contributed by atoms with Crippen LogP contribution in [0.1, 0.15) is 0 Å². The van der Waals surface area contributed by atoms with Crippen LogP contribution in [0.5, 0.6) is 0 Å². The molecule has 0 atom stereocenters. The van der Waals surface area contributed by atoms with Crippen molar-refractivity contribution in [3.63, 3.8) is 0 Å². The molecular formula is C16H11N. The Morgan fingerprint density at radius 1 is 0.765 bits per heavy atom. The van der Waals surface area contributed by atoms with Crippen LogP contribution in [0.25, 0.3) is 10.8 Å². The SMILES string of the molecule is c1c(Nc2ccccc2)cc2ccccc2c#1. The Labute approximate surface area is 101 Å². The molecule has 0 unspecified atom stereocenters. The van der Waals surface area contributed by atoms with Gasteiger partial charge in [0.25, 0.3) is 0 Å². The van der Waals surface area contributed by atoms with E-state index in [9.17, 15) is 0 Å². The maximum Gasteiger partial charge on any atom is 0.0907 e. The topological polar surface area (TPSA) is 12.0 Å². The van der Waals surface area contributed by atoms with E-state index in [1.807, 2.05) is 48.5 Å². The Balaban J connectivity index is 1.96. The molecule has 80 valence electrons. The zero-order chi connectivity index (χ0) is 11.5. The molecule has 3 aromatic carbocycles. The van der Waals surface area contributed by atoms with Crippen LogP contribution in [0, 0.1) is 12.1 Å². The lowest BCUT2D eigenvalue weighted by atomic mass is 10.1. The minimum absolute atomic E-state index is 0.940. The second kappa shape index (κ2) is 4.19. The summed E-state index contributed by atoms with van der Waals surface area (Å²) in [6.07, 6.45) is 0. The molecule has 0 aromatic heterocycles. The molecule has 0 spiro atoms. The fraction of sp³-hybridized carbons (Fsp3) is 0. The lowest BCUT2D eigenvalue weighted by Crippen LogP contribution is -1.88. The number of benzene rings is 2. The van der Waals surface area contributed by atoms with Crippen molar-refractivity contribution in [1.82, 2.24) is 0 Å². The van der Waals surface area contributed by atoms with E-state index in [1.165, 1.54) is 5.39 Å². The van der Waals surface area contributed by atoms with Gasteiger partial charge in [-0.05, 0) is 35.7 Å². The normalized spacial score (nSPS) is 9.88. The summed E-state index contributed by atoms with van der Waals surface area (Å²) in [5.41, 5.74) is 2.00. The molecule has 1 nitrogen and oxygen atoms in total. The van der Waals surface area contributed by atoms with Crippen molar-refractivity contribution in [2.75, 3.05) is 5.32 Å². The van der Waals surface area contributed by atoms with Crippen molar-refractivity contribution >= 4 is 22.1 Å². The van der Waals surface area contributed by atoms with Crippen LogP contribution < -0.4 is 5.32 Å². The Morgan fingerprint density at radius 3 is 2.41 bits per heavy atom. The Kier molecular flexibility index (Phi) is 2.40. The molecule has 0 saturated heterocycles. The van der Waals surface area contributed by atoms with Gasteiger partial charge >= 0.3 is 0 Å². The molecule has 1 heteroatoms. The van der Waals surface area contributed by atoms with Crippen LogP contribution in [-0.4, -0.2) is 0 Å². The maximum atomic E-state index is 3.31. The summed E-state index contributed by atoms with van der Waals surface area (Å²) in [5.74, 6) is 0. The highest BCUT2D eigenvalue weighted by Crippen LogP contribution is 2.18. The van der Waals surface area contributed by atoms with Gasteiger partial charge in [-0.3, -0.25) is 0 Å². The first-order valence-corrected chi connectivity index (χ1v) is 5.57. The molecule has 0 amide bonds. The minimum atomic E-state index is 0.940. The third-order valence-electron chi connectivity index (χ3n) is 2.65. The molecule has 1 N–H and O–H groups in total. The van der Waals surface area contributed by atoms with E-state index in [0.717, 1.165) is 16.8 Å². The number of hydrogen-bond donors (Lipinski definition) is 1. The Bertz CT molecular complexity index is 629. The summed E-state index contributed by atoms with van der Waals surface area (Å²) in [4.78, 5) is 0. The molecule has 17 heavy (non-hydrogen) atoms. The summed E-state index contributed by atoms with van der Waals surface area (Å²) in [6.45, 7) is 0. The number of nitrogens with one attached hydrogen (secondary N) is 1. The number of hydrogen-bond acceptors (Lipinski definition) is 1. The van der Waals surface area contributed by atoms with Gasteiger partial charge in [-0.1, -0.05) is 42.5 Å². The Hall–Kier alpha value is -2.46. The smallest absolute Gasteiger partial charge is 0.0907 e. The summed E-state index contributed by atoms with van der Waals surface area (Å²) in [5, 5.41) is 5.57. The molecule has 0 saturated carbocycles. The molecule has 0 radical (unpaired) electrons. The lowest BCUT2D eigenvalue weighted by Gasteiger charge is -2.04. The van der Waals surface area contributed by atoms with Gasteiger partial charge in [0.15, 0.2) is 0 Å². The van der Waals surface area contributed by atoms with E-state index in [-0.39, 0.29) is 0 Å². The number of para-hydroxylation sites is 1. The van der Waals surface area contributed by atoms with Gasteiger partial charge in [0.05, 0.1) is 5.69 Å². The highest BCUT2D eigenvalue weighted by Gasteiger charge is 1.95. The predicted octanol–water partition coefficient (Wildman–Crippen LogP) is 4.18. The first-order valence-electron chi connectivity index (χ1n) is 5.57. The maximum absolute atomic E-state index is 3.31. The van der Waals surface area contributed by atoms with Gasteiger partial charge in [0.2, 0.25) is 0 Å². The third-order valence-corrected chi connectivity index (χ3v) is 2.65. The van der Waals surface area contributed by atoms with E-state index in [0.29, 0.717) is 0 Å². The Morgan fingerprint density at radius 2 is 1.53 bits per heavy atom. The first kappa shape index (κ1) is 9.74. The quantitative estimate of drug-likeness (QED) is 0.678. The first-order chi connectivity index (χ1) is 8.42. The number of anilines is 2. The number of rotatable bonds is 2. The van der Waals surface area contributed by atoms with Gasteiger partial charge in [-0.2, -0.15) is 0 Å². The van der Waals surface area contributed by atoms with Gasteiger partial charge in [0, 0.05) is 11.1 Å². The lowest BCUT2D eigenvalue weighted by molar-refractivity contribution is 1.57. The largest absolute Gasteiger partial charge is 0.349 e. The van der Waals surface area contributed by atoms with Gasteiger partial charge in [0.1, 0.15) is 0 Å². The molecule has 0 fully saturated rings. The van der Waals surface area contributed by atoms with Crippen molar-refractivity contribution in [1.29, 1.82) is 0 Å². The molecule has 0 bridgehead atoms. The van der Waals surface area contributed by atoms with E-state index >= 15 is 0 Å². The zero-order valence-electron chi connectivity index (χ0n) is 9.27. The summed E-state index contributed by atoms with van der Waals surface area (Å²) >= 11 is 0. The molecule has 0 aliphatic carbocycles. The van der Waals surface area contributed by atoms with Crippen LogP contribution in [0.15, 0.2) is 60.7 Å². The molecule has 3 rings (SSSR count). The highest BCUT2D eigenvalue weighted by molar-refractivity contribution is 5.84. The van der Waals surface area contributed by atoms with Crippen molar-refractivity contribution in [2.45, 2.75) is 0 Å². The zero-order valence-corrected chi connectivity index (χ0v) is 9.27. The molecular weight excluding hydrogens is 206 g/mol. The van der Waals surface area contributed by atoms with Crippen LogP contribution in [-0.2, 0) is 0 Å². The summed E-state index contributed by atoms with van der Waals surface area (Å²) in [6, 6.07) is 26.6. The van der Waals surface area contributed by atoms with E-state index in [1.54, 1.807) is 0 Å². The van der Waals surface area contributed by atoms with Crippen molar-refractivity contribution in [2.24, 2.45) is 0 Å². The van der Waals surface area contributed by atoms with Gasteiger partial charge in [-0.25, -0.2) is 0 Å². The summed E-state index contributed by atoms with van der Waals surface area (Å²) < 4.78 is 0. The molecule has 0 aliphatic heterocycles. The van der Waals surface area contributed by atoms with Crippen molar-refractivity contribution < 1.29 is 0 Å². The second-order valence-electron chi connectivity index (χ2n) is 3.89. The van der Waals surface area contributed by atoms with Crippen LogP contribution in [0.4, 0.5) is 11.4 Å². The monoisotopic (exact) mass is 217 g/mol. The van der Waals surface area contributed by atoms with E-state index in [2.05, 4.69) is 29.6 Å². The highest BCUT2D eigenvalue weighted by atomic mass is 14.9. The third kappa shape index (κ3) is 2.07. The average Bonchev–Trinajstić information content (AvgIpc) is 2.40. The predicted molar refractivity (Wildman–Crippen MR) is 71.3 cm³/mol.